The van der Waals surface area contributed by atoms with E-state index in [-0.39, 0.29) is 10.6 Å². The minimum atomic E-state index is -3.77. The van der Waals surface area contributed by atoms with Crippen molar-refractivity contribution in [2.45, 2.75) is 4.90 Å². The fraction of sp³-hybridized carbons (Fsp3) is 0.143. The van der Waals surface area contributed by atoms with E-state index in [0.717, 1.165) is 10.4 Å². The molecule has 0 radical (unpaired) electrons. The van der Waals surface area contributed by atoms with Gasteiger partial charge in [0.1, 0.15) is 5.75 Å². The van der Waals surface area contributed by atoms with Gasteiger partial charge in [-0.2, -0.15) is 0 Å². The highest BCUT2D eigenvalue weighted by molar-refractivity contribution is 7.89. The first-order valence-corrected chi connectivity index (χ1v) is 8.18. The Kier molecular flexibility index (Phi) is 4.88. The zero-order chi connectivity index (χ0) is 17.2. The molecule has 0 aliphatic rings. The lowest BCUT2D eigenvalue weighted by Gasteiger charge is -2.12. The molecule has 2 aromatic carbocycles. The fourth-order valence-electron chi connectivity index (χ4n) is 1.73. The van der Waals surface area contributed by atoms with Crippen molar-refractivity contribution in [1.29, 1.82) is 0 Å². The molecule has 2 rings (SSSR count). The highest BCUT2D eigenvalue weighted by atomic mass is 35.5. The van der Waals surface area contributed by atoms with Crippen LogP contribution >= 0.6 is 11.6 Å². The van der Waals surface area contributed by atoms with Gasteiger partial charge in [-0.25, -0.2) is 12.7 Å². The molecule has 0 aliphatic carbocycles. The summed E-state index contributed by atoms with van der Waals surface area (Å²) in [4.78, 5) is 10.3. The van der Waals surface area contributed by atoms with Gasteiger partial charge < -0.3 is 4.74 Å². The second-order valence-electron chi connectivity index (χ2n) is 4.73. The van der Waals surface area contributed by atoms with E-state index in [2.05, 4.69) is 0 Å². The Morgan fingerprint density at radius 1 is 1.13 bits per heavy atom. The van der Waals surface area contributed by atoms with Gasteiger partial charge in [-0.05, 0) is 36.4 Å². The number of halogens is 1. The zero-order valence-corrected chi connectivity index (χ0v) is 13.8. The van der Waals surface area contributed by atoms with E-state index in [1.807, 2.05) is 0 Å². The number of nitro groups is 1. The molecule has 0 aliphatic heterocycles. The van der Waals surface area contributed by atoms with Gasteiger partial charge in [-0.15, -0.1) is 0 Å². The van der Waals surface area contributed by atoms with Gasteiger partial charge >= 0.3 is 5.69 Å². The van der Waals surface area contributed by atoms with Crippen molar-refractivity contribution in [1.82, 2.24) is 4.31 Å². The van der Waals surface area contributed by atoms with E-state index in [4.69, 9.17) is 16.3 Å². The summed E-state index contributed by atoms with van der Waals surface area (Å²) in [5, 5.41) is 11.7. The third-order valence-corrected chi connectivity index (χ3v) is 5.01. The third kappa shape index (κ3) is 3.79. The quantitative estimate of drug-likeness (QED) is 0.605. The average molecular weight is 357 g/mol. The van der Waals surface area contributed by atoms with Crippen molar-refractivity contribution >= 4 is 27.3 Å². The first-order valence-electron chi connectivity index (χ1n) is 6.36. The molecule has 122 valence electrons. The van der Waals surface area contributed by atoms with E-state index in [1.165, 1.54) is 26.2 Å². The number of nitro benzene ring substituents is 1. The number of rotatable bonds is 5. The number of hydrogen-bond donors (Lipinski definition) is 0. The van der Waals surface area contributed by atoms with Crippen molar-refractivity contribution in [2.24, 2.45) is 0 Å². The van der Waals surface area contributed by atoms with Gasteiger partial charge in [-0.1, -0.05) is 11.6 Å². The van der Waals surface area contributed by atoms with Crippen molar-refractivity contribution in [3.05, 3.63) is 57.6 Å². The van der Waals surface area contributed by atoms with Gasteiger partial charge in [0.2, 0.25) is 15.8 Å². The summed E-state index contributed by atoms with van der Waals surface area (Å²) in [6.07, 6.45) is 0. The average Bonchev–Trinajstić information content (AvgIpc) is 2.49. The van der Waals surface area contributed by atoms with Gasteiger partial charge in [-0.3, -0.25) is 10.1 Å². The zero-order valence-electron chi connectivity index (χ0n) is 12.3. The lowest BCUT2D eigenvalue weighted by atomic mass is 10.3. The van der Waals surface area contributed by atoms with E-state index >= 15 is 0 Å². The molecule has 0 saturated carbocycles. The molecule has 0 spiro atoms. The minimum Gasteiger partial charge on any atom is -0.450 e. The first kappa shape index (κ1) is 17.2. The number of hydrogen-bond acceptors (Lipinski definition) is 5. The fourth-order valence-corrected chi connectivity index (χ4v) is 2.78. The molecule has 0 aromatic heterocycles. The third-order valence-electron chi connectivity index (χ3n) is 2.95. The van der Waals surface area contributed by atoms with E-state index < -0.39 is 20.6 Å². The molecule has 0 fully saturated rings. The molecule has 0 atom stereocenters. The summed E-state index contributed by atoms with van der Waals surface area (Å²) < 4.78 is 30.5. The second-order valence-corrected chi connectivity index (χ2v) is 7.32. The van der Waals surface area contributed by atoms with Gasteiger partial charge in [0.25, 0.3) is 0 Å². The Balaban J connectivity index is 2.45. The van der Waals surface area contributed by atoms with E-state index in [1.54, 1.807) is 24.3 Å². The molecule has 0 N–H and O–H groups in total. The Labute approximate surface area is 138 Å². The molecule has 9 heteroatoms. The van der Waals surface area contributed by atoms with Crippen molar-refractivity contribution in [2.75, 3.05) is 14.1 Å². The number of ether oxygens (including phenoxy) is 1. The largest absolute Gasteiger partial charge is 0.450 e. The van der Waals surface area contributed by atoms with Crippen LogP contribution in [0.1, 0.15) is 0 Å². The maximum Gasteiger partial charge on any atom is 0.312 e. The van der Waals surface area contributed by atoms with Crippen LogP contribution in [0.15, 0.2) is 47.4 Å². The predicted octanol–water partition coefficient (Wildman–Crippen LogP) is 3.29. The summed E-state index contributed by atoms with van der Waals surface area (Å²) in [7, 11) is -1.08. The van der Waals surface area contributed by atoms with Crippen molar-refractivity contribution in [3.63, 3.8) is 0 Å². The van der Waals surface area contributed by atoms with Crippen LogP contribution in [0, 0.1) is 10.1 Å². The second kappa shape index (κ2) is 6.53. The number of sulfonamides is 1. The van der Waals surface area contributed by atoms with Crippen LogP contribution in [0.5, 0.6) is 11.5 Å². The van der Waals surface area contributed by atoms with Crippen LogP contribution < -0.4 is 4.74 Å². The summed E-state index contributed by atoms with van der Waals surface area (Å²) in [5.74, 6) is 0.288. The van der Waals surface area contributed by atoms with Crippen molar-refractivity contribution < 1.29 is 18.1 Å². The Hall–Kier alpha value is -2.16. The molecular formula is C14H13ClN2O5S. The summed E-state index contributed by atoms with van der Waals surface area (Å²) in [5.41, 5.74) is -0.442. The first-order chi connectivity index (χ1) is 10.7. The lowest BCUT2D eigenvalue weighted by Crippen LogP contribution is -2.22. The topological polar surface area (TPSA) is 89.8 Å². The Bertz CT molecular complexity index is 835. The maximum absolute atomic E-state index is 12.1. The van der Waals surface area contributed by atoms with Crippen LogP contribution in [0.3, 0.4) is 0 Å². The monoisotopic (exact) mass is 356 g/mol. The van der Waals surface area contributed by atoms with Crippen LogP contribution in [0.4, 0.5) is 5.69 Å². The van der Waals surface area contributed by atoms with Gasteiger partial charge in [0, 0.05) is 25.2 Å². The maximum atomic E-state index is 12.1. The van der Waals surface area contributed by atoms with Crippen LogP contribution in [0.2, 0.25) is 5.02 Å². The van der Waals surface area contributed by atoms with Gasteiger partial charge in [0.15, 0.2) is 0 Å². The Morgan fingerprint density at radius 3 is 2.26 bits per heavy atom. The number of benzene rings is 2. The summed E-state index contributed by atoms with van der Waals surface area (Å²) >= 11 is 5.76. The van der Waals surface area contributed by atoms with Crippen LogP contribution in [-0.4, -0.2) is 31.7 Å². The summed E-state index contributed by atoms with van der Waals surface area (Å²) in [6, 6.07) is 9.74. The molecule has 0 bridgehead atoms. The molecule has 2 aromatic rings. The molecule has 0 amide bonds. The van der Waals surface area contributed by atoms with Crippen molar-refractivity contribution in [3.8, 4) is 11.5 Å². The molecular weight excluding hydrogens is 344 g/mol. The minimum absolute atomic E-state index is 0.0602. The van der Waals surface area contributed by atoms with Gasteiger partial charge in [0.05, 0.1) is 9.82 Å². The van der Waals surface area contributed by atoms with Crippen LogP contribution in [-0.2, 0) is 10.0 Å². The SMILES string of the molecule is CN(C)S(=O)(=O)c1ccc(Oc2ccc(Cl)cc2)c([N+](=O)[O-])c1. The number of nitrogens with zero attached hydrogens (tertiary/aromatic N) is 2. The molecule has 7 nitrogen and oxygen atoms in total. The smallest absolute Gasteiger partial charge is 0.312 e. The highest BCUT2D eigenvalue weighted by Crippen LogP contribution is 2.34. The summed E-state index contributed by atoms with van der Waals surface area (Å²) in [6.45, 7) is 0. The van der Waals surface area contributed by atoms with E-state index in [0.29, 0.717) is 10.8 Å². The molecule has 0 unspecified atom stereocenters. The normalized spacial score (nSPS) is 11.5. The predicted molar refractivity (Wildman–Crippen MR) is 85.5 cm³/mol. The molecule has 0 saturated heterocycles. The Morgan fingerprint density at radius 2 is 1.74 bits per heavy atom. The highest BCUT2D eigenvalue weighted by Gasteiger charge is 2.24. The standard InChI is InChI=1S/C14H13ClN2O5S/c1-16(2)23(20,21)12-7-8-14(13(9-12)17(18)19)22-11-5-3-10(15)4-6-11/h3-9H,1-2H3. The molecule has 0 heterocycles. The lowest BCUT2D eigenvalue weighted by molar-refractivity contribution is -0.385. The van der Waals surface area contributed by atoms with Crippen LogP contribution in [0.25, 0.3) is 0 Å². The van der Waals surface area contributed by atoms with E-state index in [9.17, 15) is 18.5 Å². The molecule has 23 heavy (non-hydrogen) atoms.